The van der Waals surface area contributed by atoms with E-state index in [1.165, 1.54) is 0 Å². The molecule has 0 aliphatic rings. The van der Waals surface area contributed by atoms with Crippen molar-refractivity contribution in [1.82, 2.24) is 5.32 Å². The minimum atomic E-state index is -1.30. The van der Waals surface area contributed by atoms with E-state index in [0.29, 0.717) is 25.7 Å². The van der Waals surface area contributed by atoms with Crippen LogP contribution < -0.4 is 5.32 Å². The Bertz CT molecular complexity index is 447. The summed E-state index contributed by atoms with van der Waals surface area (Å²) in [6.07, 6.45) is 1.41. The highest BCUT2D eigenvalue weighted by Gasteiger charge is 2.39. The van der Waals surface area contributed by atoms with Gasteiger partial charge in [0.1, 0.15) is 5.60 Å². The van der Waals surface area contributed by atoms with Crippen molar-refractivity contribution in [2.24, 2.45) is 11.8 Å². The van der Waals surface area contributed by atoms with Crippen molar-refractivity contribution in [3.8, 4) is 0 Å². The van der Waals surface area contributed by atoms with Crippen molar-refractivity contribution >= 4 is 18.0 Å². The minimum absolute atomic E-state index is 0.0401. The molecule has 0 fully saturated rings. The number of carbonyl (C=O) groups excluding carboxylic acids is 3. The molecule has 26 heavy (non-hydrogen) atoms. The summed E-state index contributed by atoms with van der Waals surface area (Å²) in [5.74, 6) is -2.86. The molecule has 0 saturated heterocycles. The summed E-state index contributed by atoms with van der Waals surface area (Å²) < 4.78 is 26.9. The average molecular weight is 377 g/mol. The van der Waals surface area contributed by atoms with E-state index in [1.807, 2.05) is 6.92 Å². The van der Waals surface area contributed by atoms with Gasteiger partial charge in [-0.2, -0.15) is 0 Å². The molecule has 152 valence electrons. The van der Waals surface area contributed by atoms with E-state index >= 15 is 0 Å². The second-order valence-corrected chi connectivity index (χ2v) is 7.30. The fourth-order valence-corrected chi connectivity index (χ4v) is 2.55. The van der Waals surface area contributed by atoms with Crippen molar-refractivity contribution < 1.29 is 33.0 Å². The Morgan fingerprint density at radius 2 is 1.58 bits per heavy atom. The molecule has 0 radical (unpaired) electrons. The zero-order valence-electron chi connectivity index (χ0n) is 16.6. The first-order chi connectivity index (χ1) is 12.1. The lowest BCUT2D eigenvalue weighted by atomic mass is 9.88. The Labute approximate surface area is 154 Å². The van der Waals surface area contributed by atoms with Crippen molar-refractivity contribution in [3.63, 3.8) is 0 Å². The minimum Gasteiger partial charge on any atom is -0.468 e. The lowest BCUT2D eigenvalue weighted by Gasteiger charge is -2.28. The molecule has 0 bridgehead atoms. The van der Waals surface area contributed by atoms with Crippen LogP contribution in [0.3, 0.4) is 0 Å². The Morgan fingerprint density at radius 3 is 2.00 bits per heavy atom. The SMILES string of the molecule is COC(=O)C(C(=O)OC)C(CC(C)CCCCF)NC(=O)OC(C)(C)C. The van der Waals surface area contributed by atoms with Gasteiger partial charge < -0.3 is 19.5 Å². The van der Waals surface area contributed by atoms with Gasteiger partial charge in [-0.25, -0.2) is 4.79 Å². The zero-order chi connectivity index (χ0) is 20.3. The summed E-state index contributed by atoms with van der Waals surface area (Å²) in [5, 5.41) is 2.59. The predicted octanol–water partition coefficient (Wildman–Crippen LogP) is 3.01. The topological polar surface area (TPSA) is 90.9 Å². The molecule has 0 aliphatic carbocycles. The van der Waals surface area contributed by atoms with Gasteiger partial charge in [-0.3, -0.25) is 14.0 Å². The summed E-state index contributed by atoms with van der Waals surface area (Å²) >= 11 is 0. The van der Waals surface area contributed by atoms with E-state index in [0.717, 1.165) is 14.2 Å². The maximum atomic E-state index is 12.3. The van der Waals surface area contributed by atoms with E-state index in [1.54, 1.807) is 20.8 Å². The molecule has 0 aliphatic heterocycles. The largest absolute Gasteiger partial charge is 0.468 e. The van der Waals surface area contributed by atoms with Crippen LogP contribution in [0, 0.1) is 11.8 Å². The normalized spacial score (nSPS) is 13.7. The summed E-state index contributed by atoms with van der Waals surface area (Å²) in [5.41, 5.74) is -0.729. The van der Waals surface area contributed by atoms with E-state index in [-0.39, 0.29) is 12.6 Å². The Hall–Kier alpha value is -1.86. The third-order valence-electron chi connectivity index (χ3n) is 3.75. The number of alkyl halides is 1. The summed E-state index contributed by atoms with van der Waals surface area (Å²) in [7, 11) is 2.32. The fourth-order valence-electron chi connectivity index (χ4n) is 2.55. The second-order valence-electron chi connectivity index (χ2n) is 7.30. The van der Waals surface area contributed by atoms with Crippen molar-refractivity contribution in [1.29, 1.82) is 0 Å². The lowest BCUT2D eigenvalue weighted by Crippen LogP contribution is -2.49. The van der Waals surface area contributed by atoms with Crippen LogP contribution in [0.5, 0.6) is 0 Å². The first-order valence-corrected chi connectivity index (χ1v) is 8.76. The number of carbonyl (C=O) groups is 3. The van der Waals surface area contributed by atoms with Gasteiger partial charge in [0.05, 0.1) is 26.9 Å². The summed E-state index contributed by atoms with van der Waals surface area (Å²) in [4.78, 5) is 36.3. The number of halogens is 1. The Morgan fingerprint density at radius 1 is 1.04 bits per heavy atom. The first-order valence-electron chi connectivity index (χ1n) is 8.76. The van der Waals surface area contributed by atoms with Crippen LogP contribution in [0.15, 0.2) is 0 Å². The van der Waals surface area contributed by atoms with Crippen molar-refractivity contribution in [2.45, 2.75) is 65.0 Å². The third kappa shape index (κ3) is 9.58. The van der Waals surface area contributed by atoms with Gasteiger partial charge in [0, 0.05) is 0 Å². The summed E-state index contributed by atoms with van der Waals surface area (Å²) in [6, 6.07) is -0.856. The van der Waals surface area contributed by atoms with Gasteiger partial charge in [-0.1, -0.05) is 19.8 Å². The second kappa shape index (κ2) is 11.7. The van der Waals surface area contributed by atoms with Crippen LogP contribution in [0.2, 0.25) is 0 Å². The predicted molar refractivity (Wildman–Crippen MR) is 94.3 cm³/mol. The molecule has 1 amide bonds. The molecule has 1 N–H and O–H groups in total. The molecule has 7 nitrogen and oxygen atoms in total. The number of unbranched alkanes of at least 4 members (excludes halogenated alkanes) is 1. The highest BCUT2D eigenvalue weighted by molar-refractivity contribution is 5.96. The number of alkyl carbamates (subject to hydrolysis) is 1. The van der Waals surface area contributed by atoms with Gasteiger partial charge in [-0.05, 0) is 39.5 Å². The summed E-state index contributed by atoms with van der Waals surface area (Å²) in [6.45, 7) is 6.64. The lowest BCUT2D eigenvalue weighted by molar-refractivity contribution is -0.160. The molecule has 2 unspecified atom stereocenters. The van der Waals surface area contributed by atoms with E-state index in [4.69, 9.17) is 14.2 Å². The smallest absolute Gasteiger partial charge is 0.407 e. The van der Waals surface area contributed by atoms with Crippen LogP contribution >= 0.6 is 0 Å². The number of hydrogen-bond donors (Lipinski definition) is 1. The van der Waals surface area contributed by atoms with Crippen molar-refractivity contribution in [2.75, 3.05) is 20.9 Å². The van der Waals surface area contributed by atoms with Crippen LogP contribution in [0.1, 0.15) is 53.4 Å². The molecule has 0 heterocycles. The first kappa shape index (κ1) is 24.1. The average Bonchev–Trinajstić information content (AvgIpc) is 2.52. The molecule has 0 aromatic carbocycles. The molecule has 0 aromatic heterocycles. The van der Waals surface area contributed by atoms with E-state index in [9.17, 15) is 18.8 Å². The highest BCUT2D eigenvalue weighted by atomic mass is 19.1. The number of esters is 2. The van der Waals surface area contributed by atoms with Gasteiger partial charge in [0.2, 0.25) is 0 Å². The monoisotopic (exact) mass is 377 g/mol. The number of rotatable bonds is 10. The van der Waals surface area contributed by atoms with Crippen LogP contribution in [0.25, 0.3) is 0 Å². The van der Waals surface area contributed by atoms with Gasteiger partial charge in [0.25, 0.3) is 0 Å². The molecule has 0 aromatic rings. The van der Waals surface area contributed by atoms with Crippen LogP contribution in [0.4, 0.5) is 9.18 Å². The highest BCUT2D eigenvalue weighted by Crippen LogP contribution is 2.21. The number of hydrogen-bond acceptors (Lipinski definition) is 6. The van der Waals surface area contributed by atoms with Gasteiger partial charge in [0.15, 0.2) is 5.92 Å². The quantitative estimate of drug-likeness (QED) is 0.272. The molecule has 0 spiro atoms. The van der Waals surface area contributed by atoms with E-state index in [2.05, 4.69) is 5.32 Å². The molecular weight excluding hydrogens is 345 g/mol. The number of methoxy groups -OCH3 is 2. The third-order valence-corrected chi connectivity index (χ3v) is 3.75. The number of nitrogens with one attached hydrogen (secondary N) is 1. The zero-order valence-corrected chi connectivity index (χ0v) is 16.6. The van der Waals surface area contributed by atoms with Crippen molar-refractivity contribution in [3.05, 3.63) is 0 Å². The fraction of sp³-hybridized carbons (Fsp3) is 0.833. The standard InChI is InChI=1S/C18H32FNO6/c1-12(9-7-8-10-19)11-13(20-17(23)26-18(2,3)4)14(15(21)24-5)16(22)25-6/h12-14H,7-11H2,1-6H3,(H,20,23). The van der Waals surface area contributed by atoms with Gasteiger partial charge >= 0.3 is 18.0 Å². The van der Waals surface area contributed by atoms with Crippen LogP contribution in [-0.2, 0) is 23.8 Å². The van der Waals surface area contributed by atoms with Crippen LogP contribution in [-0.4, -0.2) is 50.6 Å². The number of amides is 1. The van der Waals surface area contributed by atoms with Gasteiger partial charge in [-0.15, -0.1) is 0 Å². The maximum Gasteiger partial charge on any atom is 0.407 e. The molecular formula is C18H32FNO6. The van der Waals surface area contributed by atoms with E-state index < -0.39 is 35.6 Å². The molecule has 0 saturated carbocycles. The number of ether oxygens (including phenoxy) is 3. The maximum absolute atomic E-state index is 12.3. The molecule has 8 heteroatoms. The Balaban J connectivity index is 5.31. The molecule has 2 atom stereocenters. The molecule has 0 rings (SSSR count). The Kier molecular flexibility index (Phi) is 10.9.